The van der Waals surface area contributed by atoms with Crippen molar-refractivity contribution in [3.8, 4) is 5.75 Å². The summed E-state index contributed by atoms with van der Waals surface area (Å²) < 4.78 is 0. The maximum Gasteiger partial charge on any atom is 0.122 e. The fourth-order valence-corrected chi connectivity index (χ4v) is 2.56. The molecule has 0 atom stereocenters. The number of rotatable bonds is 5. The number of phenols is 1. The number of phenolic OH excluding ortho intramolecular Hbond substituents is 1. The first-order valence-corrected chi connectivity index (χ1v) is 8.40. The SMILES string of the molecule is CCCCc1cc(CCC(C)(C)C)c(O)c(C(C)(C)C)c1. The summed E-state index contributed by atoms with van der Waals surface area (Å²) in [6.07, 6.45) is 5.60. The quantitative estimate of drug-likeness (QED) is 0.704. The summed E-state index contributed by atoms with van der Waals surface area (Å²) in [5, 5.41) is 10.7. The van der Waals surface area contributed by atoms with Gasteiger partial charge in [-0.05, 0) is 53.2 Å². The number of benzene rings is 1. The van der Waals surface area contributed by atoms with Crippen molar-refractivity contribution in [2.45, 2.75) is 86.0 Å². The lowest BCUT2D eigenvalue weighted by Crippen LogP contribution is -2.14. The zero-order chi connectivity index (χ0) is 16.3. The molecule has 1 rings (SSSR count). The van der Waals surface area contributed by atoms with Crippen LogP contribution in [0.2, 0.25) is 0 Å². The second kappa shape index (κ2) is 6.85. The summed E-state index contributed by atoms with van der Waals surface area (Å²) in [6.45, 7) is 15.5. The van der Waals surface area contributed by atoms with Crippen LogP contribution in [-0.4, -0.2) is 5.11 Å². The molecular weight excluding hydrogens is 256 g/mol. The van der Waals surface area contributed by atoms with E-state index in [1.54, 1.807) is 0 Å². The molecule has 0 bridgehead atoms. The van der Waals surface area contributed by atoms with Gasteiger partial charge >= 0.3 is 0 Å². The van der Waals surface area contributed by atoms with Crippen LogP contribution in [0.4, 0.5) is 0 Å². The molecule has 0 unspecified atom stereocenters. The highest BCUT2D eigenvalue weighted by molar-refractivity contribution is 5.47. The van der Waals surface area contributed by atoms with E-state index in [1.807, 2.05) is 0 Å². The molecule has 1 aromatic rings. The molecule has 1 nitrogen and oxygen atoms in total. The van der Waals surface area contributed by atoms with E-state index in [9.17, 15) is 5.11 Å². The van der Waals surface area contributed by atoms with Crippen molar-refractivity contribution in [3.63, 3.8) is 0 Å². The van der Waals surface area contributed by atoms with Crippen LogP contribution >= 0.6 is 0 Å². The fourth-order valence-electron chi connectivity index (χ4n) is 2.56. The van der Waals surface area contributed by atoms with E-state index < -0.39 is 0 Å². The van der Waals surface area contributed by atoms with Crippen LogP contribution in [0.1, 0.15) is 84.4 Å². The van der Waals surface area contributed by atoms with Crippen LogP contribution in [-0.2, 0) is 18.3 Å². The Kier molecular flexibility index (Phi) is 5.90. The third-order valence-electron chi connectivity index (χ3n) is 4.02. The Bertz CT molecular complexity index is 458. The Balaban J connectivity index is 3.15. The van der Waals surface area contributed by atoms with Crippen LogP contribution in [0.5, 0.6) is 5.75 Å². The normalized spacial score (nSPS) is 12.7. The van der Waals surface area contributed by atoms with E-state index in [0.29, 0.717) is 11.2 Å². The van der Waals surface area contributed by atoms with Gasteiger partial charge in [0.05, 0.1) is 0 Å². The van der Waals surface area contributed by atoms with Crippen molar-refractivity contribution in [2.24, 2.45) is 5.41 Å². The Morgan fingerprint density at radius 3 is 2.05 bits per heavy atom. The molecule has 0 radical (unpaired) electrons. The standard InChI is InChI=1S/C20H34O/c1-8-9-10-15-13-16(11-12-19(2,3)4)18(21)17(14-15)20(5,6)7/h13-14,21H,8-12H2,1-7H3. The predicted octanol–water partition coefficient (Wildman–Crippen LogP) is 6.01. The molecule has 120 valence electrons. The van der Waals surface area contributed by atoms with Gasteiger partial charge in [0, 0.05) is 0 Å². The molecule has 0 heterocycles. The minimum Gasteiger partial charge on any atom is -0.507 e. The Morgan fingerprint density at radius 1 is 0.952 bits per heavy atom. The monoisotopic (exact) mass is 290 g/mol. The molecule has 0 aliphatic rings. The van der Waals surface area contributed by atoms with Gasteiger partial charge in [-0.2, -0.15) is 0 Å². The first-order valence-electron chi connectivity index (χ1n) is 8.40. The molecule has 21 heavy (non-hydrogen) atoms. The molecule has 0 aromatic heterocycles. The largest absolute Gasteiger partial charge is 0.507 e. The van der Waals surface area contributed by atoms with Gasteiger partial charge in [-0.3, -0.25) is 0 Å². The number of unbranched alkanes of at least 4 members (excludes halogenated alkanes) is 1. The van der Waals surface area contributed by atoms with Gasteiger partial charge in [0.2, 0.25) is 0 Å². The van der Waals surface area contributed by atoms with Crippen LogP contribution in [0.25, 0.3) is 0 Å². The van der Waals surface area contributed by atoms with Crippen LogP contribution in [0.3, 0.4) is 0 Å². The summed E-state index contributed by atoms with van der Waals surface area (Å²) >= 11 is 0. The molecule has 0 saturated heterocycles. The third-order valence-corrected chi connectivity index (χ3v) is 4.02. The highest BCUT2D eigenvalue weighted by Gasteiger charge is 2.22. The van der Waals surface area contributed by atoms with Gasteiger partial charge < -0.3 is 5.11 Å². The van der Waals surface area contributed by atoms with Crippen molar-refractivity contribution in [1.29, 1.82) is 0 Å². The number of aryl methyl sites for hydroxylation is 2. The molecule has 0 saturated carbocycles. The van der Waals surface area contributed by atoms with Gasteiger partial charge in [0.1, 0.15) is 5.75 Å². The summed E-state index contributed by atoms with van der Waals surface area (Å²) in [5.74, 6) is 0.520. The molecular formula is C20H34O. The summed E-state index contributed by atoms with van der Waals surface area (Å²) in [4.78, 5) is 0. The van der Waals surface area contributed by atoms with Crippen molar-refractivity contribution in [3.05, 3.63) is 28.8 Å². The average Bonchev–Trinajstić information content (AvgIpc) is 2.33. The molecule has 0 aliphatic heterocycles. The number of aromatic hydroxyl groups is 1. The Hall–Kier alpha value is -0.980. The lowest BCUT2D eigenvalue weighted by molar-refractivity contribution is 0.372. The molecule has 1 heteroatoms. The maximum atomic E-state index is 10.7. The highest BCUT2D eigenvalue weighted by Crippen LogP contribution is 2.36. The van der Waals surface area contributed by atoms with Crippen molar-refractivity contribution >= 4 is 0 Å². The second-order valence-corrected chi connectivity index (χ2v) is 8.57. The predicted molar refractivity (Wildman–Crippen MR) is 93.2 cm³/mol. The third kappa shape index (κ3) is 5.73. The van der Waals surface area contributed by atoms with E-state index in [1.165, 1.54) is 18.4 Å². The highest BCUT2D eigenvalue weighted by atomic mass is 16.3. The first kappa shape index (κ1) is 18.1. The minimum atomic E-state index is -0.0111. The average molecular weight is 290 g/mol. The molecule has 1 N–H and O–H groups in total. The summed E-state index contributed by atoms with van der Waals surface area (Å²) in [6, 6.07) is 4.44. The molecule has 0 fully saturated rings. The minimum absolute atomic E-state index is 0.0111. The van der Waals surface area contributed by atoms with Crippen LogP contribution in [0.15, 0.2) is 12.1 Å². The lowest BCUT2D eigenvalue weighted by Gasteiger charge is -2.25. The maximum absolute atomic E-state index is 10.7. The molecule has 0 spiro atoms. The van der Waals surface area contributed by atoms with Gasteiger partial charge in [-0.15, -0.1) is 0 Å². The van der Waals surface area contributed by atoms with Crippen molar-refractivity contribution in [2.75, 3.05) is 0 Å². The summed E-state index contributed by atoms with van der Waals surface area (Å²) in [5.41, 5.74) is 3.89. The lowest BCUT2D eigenvalue weighted by atomic mass is 9.81. The molecule has 0 aliphatic carbocycles. The number of hydrogen-bond donors (Lipinski definition) is 1. The molecule has 1 aromatic carbocycles. The van der Waals surface area contributed by atoms with Crippen molar-refractivity contribution < 1.29 is 5.11 Å². The van der Waals surface area contributed by atoms with Gasteiger partial charge in [0.15, 0.2) is 0 Å². The van der Waals surface area contributed by atoms with Crippen molar-refractivity contribution in [1.82, 2.24) is 0 Å². The van der Waals surface area contributed by atoms with E-state index in [-0.39, 0.29) is 5.41 Å². The Morgan fingerprint density at radius 2 is 1.57 bits per heavy atom. The first-order chi connectivity index (χ1) is 9.54. The summed E-state index contributed by atoms with van der Waals surface area (Å²) in [7, 11) is 0. The van der Waals surface area contributed by atoms with E-state index in [0.717, 1.165) is 30.4 Å². The van der Waals surface area contributed by atoms with E-state index in [2.05, 4.69) is 60.6 Å². The molecule has 0 amide bonds. The zero-order valence-corrected chi connectivity index (χ0v) is 15.1. The fraction of sp³-hybridized carbons (Fsp3) is 0.700. The second-order valence-electron chi connectivity index (χ2n) is 8.57. The van der Waals surface area contributed by atoms with Gasteiger partial charge in [-0.25, -0.2) is 0 Å². The smallest absolute Gasteiger partial charge is 0.122 e. The zero-order valence-electron chi connectivity index (χ0n) is 15.1. The van der Waals surface area contributed by atoms with Crippen LogP contribution < -0.4 is 0 Å². The van der Waals surface area contributed by atoms with Gasteiger partial charge in [0.25, 0.3) is 0 Å². The topological polar surface area (TPSA) is 20.2 Å². The van der Waals surface area contributed by atoms with E-state index >= 15 is 0 Å². The number of hydrogen-bond acceptors (Lipinski definition) is 1. The Labute approximate surface area is 131 Å². The van der Waals surface area contributed by atoms with Crippen LogP contribution in [0, 0.1) is 5.41 Å². The van der Waals surface area contributed by atoms with E-state index in [4.69, 9.17) is 0 Å². The van der Waals surface area contributed by atoms with Gasteiger partial charge in [-0.1, -0.05) is 67.0 Å².